The highest BCUT2D eigenvalue weighted by atomic mass is 31.2. The molecule has 1 atom stereocenters. The molecule has 0 aromatic heterocycles. The fourth-order valence-corrected chi connectivity index (χ4v) is 3.12. The molecule has 0 saturated heterocycles. The van der Waals surface area contributed by atoms with E-state index in [0.717, 1.165) is 10.6 Å². The van der Waals surface area contributed by atoms with Gasteiger partial charge >= 0.3 is 0 Å². The van der Waals surface area contributed by atoms with Crippen LogP contribution in [0.25, 0.3) is 0 Å². The van der Waals surface area contributed by atoms with E-state index >= 15 is 0 Å². The Bertz CT molecular complexity index is 351. The minimum absolute atomic E-state index is 0.970. The van der Waals surface area contributed by atoms with Gasteiger partial charge in [0.15, 0.2) is 7.14 Å². The van der Waals surface area contributed by atoms with E-state index in [-0.39, 0.29) is 0 Å². The summed E-state index contributed by atoms with van der Waals surface area (Å²) in [6, 6.07) is 9.64. The predicted molar refractivity (Wildman–Crippen MR) is 47.4 cm³/mol. The molecule has 0 saturated carbocycles. The number of benzene rings is 1. The molecule has 2 rings (SSSR count). The molecule has 2 heteroatoms. The zero-order valence-corrected chi connectivity index (χ0v) is 7.21. The van der Waals surface area contributed by atoms with Crippen LogP contribution in [0.3, 0.4) is 0 Å². The number of hydrogen-bond acceptors (Lipinski definition) is 1. The van der Waals surface area contributed by atoms with Gasteiger partial charge < -0.3 is 4.57 Å². The first-order valence-electron chi connectivity index (χ1n) is 3.59. The third-order valence-corrected chi connectivity index (χ3v) is 4.68. The Balaban J connectivity index is 2.41. The van der Waals surface area contributed by atoms with Crippen molar-refractivity contribution in [3.8, 4) is 0 Å². The largest absolute Gasteiger partial charge is 0.310 e. The Morgan fingerprint density at radius 3 is 2.18 bits per heavy atom. The number of rotatable bonds is 1. The van der Waals surface area contributed by atoms with Crippen molar-refractivity contribution in [1.29, 1.82) is 0 Å². The summed E-state index contributed by atoms with van der Waals surface area (Å²) >= 11 is 0. The van der Waals surface area contributed by atoms with Gasteiger partial charge in [-0.1, -0.05) is 30.3 Å². The van der Waals surface area contributed by atoms with Gasteiger partial charge in [0.2, 0.25) is 0 Å². The van der Waals surface area contributed by atoms with E-state index in [4.69, 9.17) is 0 Å². The molecule has 1 unspecified atom stereocenters. The van der Waals surface area contributed by atoms with Gasteiger partial charge in [-0.3, -0.25) is 0 Å². The zero-order chi connectivity index (χ0) is 7.90. The standard InChI is InChI=1S/C9H9OP/c1-8-7-11(8,10)9-5-3-2-4-6-9/h2-7H,1H3. The minimum Gasteiger partial charge on any atom is -0.310 e. The molecular formula is C9H9OP. The molecule has 0 fully saturated rings. The fraction of sp³-hybridized carbons (Fsp3) is 0.111. The quantitative estimate of drug-likeness (QED) is 0.583. The Morgan fingerprint density at radius 1 is 1.18 bits per heavy atom. The van der Waals surface area contributed by atoms with Gasteiger partial charge in [-0.2, -0.15) is 0 Å². The van der Waals surface area contributed by atoms with E-state index < -0.39 is 7.14 Å². The summed E-state index contributed by atoms with van der Waals surface area (Å²) in [7, 11) is -2.07. The second-order valence-corrected chi connectivity index (χ2v) is 5.56. The molecule has 0 radical (unpaired) electrons. The average Bonchev–Trinajstić information content (AvgIpc) is 2.64. The molecule has 11 heavy (non-hydrogen) atoms. The van der Waals surface area contributed by atoms with Gasteiger partial charge in [0.05, 0.1) is 0 Å². The van der Waals surface area contributed by atoms with Gasteiger partial charge in [-0.05, 0) is 18.1 Å². The smallest absolute Gasteiger partial charge is 0.160 e. The van der Waals surface area contributed by atoms with Crippen LogP contribution < -0.4 is 5.30 Å². The lowest BCUT2D eigenvalue weighted by Gasteiger charge is -1.97. The fourth-order valence-electron chi connectivity index (χ4n) is 1.16. The molecule has 0 spiro atoms. The Morgan fingerprint density at radius 2 is 1.73 bits per heavy atom. The molecule has 1 aliphatic heterocycles. The Hall–Kier alpha value is -0.810. The second-order valence-electron chi connectivity index (χ2n) is 2.76. The highest BCUT2D eigenvalue weighted by Gasteiger charge is 2.35. The summed E-state index contributed by atoms with van der Waals surface area (Å²) < 4.78 is 11.8. The minimum atomic E-state index is -2.07. The molecule has 0 bridgehead atoms. The normalized spacial score (nSPS) is 27.9. The summed E-state index contributed by atoms with van der Waals surface area (Å²) in [5, 5.41) is 2.02. The van der Waals surface area contributed by atoms with Crippen LogP contribution in [0.2, 0.25) is 0 Å². The average molecular weight is 164 g/mol. The van der Waals surface area contributed by atoms with E-state index in [0.29, 0.717) is 0 Å². The molecule has 0 N–H and O–H groups in total. The third-order valence-electron chi connectivity index (χ3n) is 1.96. The van der Waals surface area contributed by atoms with E-state index in [1.807, 2.05) is 43.1 Å². The van der Waals surface area contributed by atoms with E-state index in [2.05, 4.69) is 0 Å². The summed E-state index contributed by atoms with van der Waals surface area (Å²) in [6.45, 7) is 1.92. The predicted octanol–water partition coefficient (Wildman–Crippen LogP) is 2.55. The summed E-state index contributed by atoms with van der Waals surface area (Å²) in [6.07, 6.45) is 0. The molecular weight excluding hydrogens is 155 g/mol. The van der Waals surface area contributed by atoms with Crippen molar-refractivity contribution < 1.29 is 4.57 Å². The van der Waals surface area contributed by atoms with Gasteiger partial charge in [-0.15, -0.1) is 0 Å². The highest BCUT2D eigenvalue weighted by molar-refractivity contribution is 7.84. The lowest BCUT2D eigenvalue weighted by atomic mass is 10.4. The molecule has 1 aromatic carbocycles. The van der Waals surface area contributed by atoms with Crippen molar-refractivity contribution in [2.24, 2.45) is 0 Å². The maximum Gasteiger partial charge on any atom is 0.160 e. The topological polar surface area (TPSA) is 17.1 Å². The van der Waals surface area contributed by atoms with Crippen molar-refractivity contribution in [2.45, 2.75) is 6.92 Å². The molecule has 1 aromatic rings. The first-order valence-corrected chi connectivity index (χ1v) is 5.36. The lowest BCUT2D eigenvalue weighted by molar-refractivity contribution is 0.594. The SMILES string of the molecule is CC1=CP1(=O)c1ccccc1. The van der Waals surface area contributed by atoms with Crippen molar-refractivity contribution >= 4 is 12.4 Å². The Kier molecular flexibility index (Phi) is 1.30. The van der Waals surface area contributed by atoms with Crippen LogP contribution in [0, 0.1) is 0 Å². The lowest BCUT2D eigenvalue weighted by Crippen LogP contribution is -1.94. The first-order chi connectivity index (χ1) is 5.23. The van der Waals surface area contributed by atoms with E-state index in [9.17, 15) is 4.57 Å². The molecule has 0 aliphatic carbocycles. The monoisotopic (exact) mass is 164 g/mol. The molecule has 56 valence electrons. The van der Waals surface area contributed by atoms with Gasteiger partial charge in [0.1, 0.15) is 0 Å². The van der Waals surface area contributed by atoms with E-state index in [1.54, 1.807) is 0 Å². The third kappa shape index (κ3) is 0.965. The summed E-state index contributed by atoms with van der Waals surface area (Å²) in [4.78, 5) is 0. The number of allylic oxidation sites excluding steroid dienone is 1. The van der Waals surface area contributed by atoms with Crippen LogP contribution in [0.1, 0.15) is 6.92 Å². The van der Waals surface area contributed by atoms with Gasteiger partial charge in [-0.25, -0.2) is 0 Å². The van der Waals surface area contributed by atoms with Crippen LogP contribution in [0.15, 0.2) is 41.5 Å². The van der Waals surface area contributed by atoms with E-state index in [1.165, 1.54) is 0 Å². The summed E-state index contributed by atoms with van der Waals surface area (Å²) in [5.74, 6) is 1.86. The van der Waals surface area contributed by atoms with Crippen LogP contribution >= 0.6 is 7.14 Å². The summed E-state index contributed by atoms with van der Waals surface area (Å²) in [5.41, 5.74) is 0. The number of hydrogen-bond donors (Lipinski definition) is 0. The molecule has 1 heterocycles. The maximum atomic E-state index is 11.8. The van der Waals surface area contributed by atoms with Crippen LogP contribution in [0.4, 0.5) is 0 Å². The van der Waals surface area contributed by atoms with Crippen molar-refractivity contribution in [3.05, 3.63) is 41.5 Å². The highest BCUT2D eigenvalue weighted by Crippen LogP contribution is 2.68. The second kappa shape index (κ2) is 2.09. The first kappa shape index (κ1) is 6.87. The van der Waals surface area contributed by atoms with Gasteiger partial charge in [0, 0.05) is 5.30 Å². The van der Waals surface area contributed by atoms with Crippen molar-refractivity contribution in [2.75, 3.05) is 0 Å². The van der Waals surface area contributed by atoms with Crippen LogP contribution in [-0.2, 0) is 4.57 Å². The maximum absolute atomic E-state index is 11.8. The Labute approximate surface area is 66.1 Å². The zero-order valence-electron chi connectivity index (χ0n) is 6.32. The van der Waals surface area contributed by atoms with Crippen LogP contribution in [0.5, 0.6) is 0 Å². The molecule has 1 aliphatic rings. The van der Waals surface area contributed by atoms with Crippen LogP contribution in [-0.4, -0.2) is 0 Å². The van der Waals surface area contributed by atoms with Gasteiger partial charge in [0.25, 0.3) is 0 Å². The van der Waals surface area contributed by atoms with Crippen molar-refractivity contribution in [1.82, 2.24) is 0 Å². The molecule has 1 nitrogen and oxygen atoms in total. The van der Waals surface area contributed by atoms with Crippen molar-refractivity contribution in [3.63, 3.8) is 0 Å². The molecule has 0 amide bonds.